The van der Waals surface area contributed by atoms with Gasteiger partial charge in [0.1, 0.15) is 6.33 Å². The first kappa shape index (κ1) is 13.7. The second kappa shape index (κ2) is 5.99. The summed E-state index contributed by atoms with van der Waals surface area (Å²) >= 11 is 0. The van der Waals surface area contributed by atoms with Crippen LogP contribution in [0.15, 0.2) is 42.9 Å². The first-order valence-corrected chi connectivity index (χ1v) is 6.77. The van der Waals surface area contributed by atoms with E-state index in [4.69, 9.17) is 10.5 Å². The van der Waals surface area contributed by atoms with Gasteiger partial charge in [0.15, 0.2) is 5.65 Å². The zero-order chi connectivity index (χ0) is 14.7. The maximum atomic E-state index is 6.01. The van der Waals surface area contributed by atoms with Crippen molar-refractivity contribution in [1.29, 1.82) is 0 Å². The van der Waals surface area contributed by atoms with Gasteiger partial charge in [-0.15, -0.1) is 0 Å². The van der Waals surface area contributed by atoms with Crippen LogP contribution >= 0.6 is 0 Å². The summed E-state index contributed by atoms with van der Waals surface area (Å²) in [6, 6.07) is 9.81. The van der Waals surface area contributed by atoms with Crippen molar-refractivity contribution in [2.24, 2.45) is 5.73 Å². The fraction of sp³-hybridized carbons (Fsp3) is 0.267. The maximum Gasteiger partial charge on any atom is 0.166 e. The van der Waals surface area contributed by atoms with E-state index in [0.29, 0.717) is 13.0 Å². The summed E-state index contributed by atoms with van der Waals surface area (Å²) in [5, 5.41) is 5.35. The predicted octanol–water partition coefficient (Wildman–Crippen LogP) is 1.33. The number of rotatable bonds is 5. The molecule has 108 valence electrons. The Hall–Kier alpha value is -2.31. The Morgan fingerprint density at radius 1 is 1.24 bits per heavy atom. The number of fused-ring (bicyclic) bond motifs is 1. The van der Waals surface area contributed by atoms with Crippen LogP contribution in [0, 0.1) is 0 Å². The molecule has 6 nitrogen and oxygen atoms in total. The van der Waals surface area contributed by atoms with Crippen LogP contribution in [0.1, 0.15) is 5.69 Å². The quantitative estimate of drug-likeness (QED) is 0.764. The summed E-state index contributed by atoms with van der Waals surface area (Å²) in [5.74, 6) is 0. The zero-order valence-corrected chi connectivity index (χ0v) is 11.8. The van der Waals surface area contributed by atoms with Crippen molar-refractivity contribution in [3.63, 3.8) is 0 Å². The van der Waals surface area contributed by atoms with Crippen LogP contribution in [0.3, 0.4) is 0 Å². The van der Waals surface area contributed by atoms with Gasteiger partial charge in [-0.3, -0.25) is 0 Å². The fourth-order valence-corrected chi connectivity index (χ4v) is 2.33. The van der Waals surface area contributed by atoms with Crippen molar-refractivity contribution in [1.82, 2.24) is 19.7 Å². The van der Waals surface area contributed by atoms with E-state index < -0.39 is 0 Å². The van der Waals surface area contributed by atoms with E-state index in [1.807, 2.05) is 35.0 Å². The largest absolute Gasteiger partial charge is 0.383 e. The van der Waals surface area contributed by atoms with Crippen molar-refractivity contribution in [3.05, 3.63) is 48.5 Å². The standard InChI is InChI=1S/C15H17N5O/c1-21-9-11(16)7-14-13-8-19-20(15(13)18-10-17-14)12-5-3-2-4-6-12/h2-6,8,10-11H,7,9,16H2,1H3. The number of aromatic nitrogens is 4. The molecular weight excluding hydrogens is 266 g/mol. The Labute approximate surface area is 122 Å². The third kappa shape index (κ3) is 2.76. The third-order valence-corrected chi connectivity index (χ3v) is 3.29. The summed E-state index contributed by atoms with van der Waals surface area (Å²) in [4.78, 5) is 8.68. The van der Waals surface area contributed by atoms with Crippen LogP contribution in [0.25, 0.3) is 16.7 Å². The van der Waals surface area contributed by atoms with Gasteiger partial charge in [-0.2, -0.15) is 5.10 Å². The Bertz CT molecular complexity index is 725. The van der Waals surface area contributed by atoms with Gasteiger partial charge < -0.3 is 10.5 Å². The van der Waals surface area contributed by atoms with Crippen LogP contribution in [-0.2, 0) is 11.2 Å². The van der Waals surface area contributed by atoms with Crippen LogP contribution in [0.4, 0.5) is 0 Å². The number of hydrogen-bond acceptors (Lipinski definition) is 5. The molecule has 0 aliphatic carbocycles. The number of hydrogen-bond donors (Lipinski definition) is 1. The molecule has 0 saturated carbocycles. The van der Waals surface area contributed by atoms with Crippen LogP contribution in [0.2, 0.25) is 0 Å². The molecule has 21 heavy (non-hydrogen) atoms. The minimum absolute atomic E-state index is 0.0897. The van der Waals surface area contributed by atoms with E-state index in [-0.39, 0.29) is 6.04 Å². The Kier molecular flexibility index (Phi) is 3.89. The molecule has 2 aromatic heterocycles. The van der Waals surface area contributed by atoms with E-state index in [0.717, 1.165) is 22.4 Å². The minimum Gasteiger partial charge on any atom is -0.383 e. The first-order valence-electron chi connectivity index (χ1n) is 6.77. The average Bonchev–Trinajstić information content (AvgIpc) is 2.93. The lowest BCUT2D eigenvalue weighted by molar-refractivity contribution is 0.180. The number of methoxy groups -OCH3 is 1. The lowest BCUT2D eigenvalue weighted by atomic mass is 10.1. The molecule has 6 heteroatoms. The molecular formula is C15H17N5O. The van der Waals surface area contributed by atoms with Gasteiger partial charge >= 0.3 is 0 Å². The number of para-hydroxylation sites is 1. The maximum absolute atomic E-state index is 6.01. The molecule has 0 spiro atoms. The lowest BCUT2D eigenvalue weighted by Crippen LogP contribution is -2.28. The van der Waals surface area contributed by atoms with E-state index in [9.17, 15) is 0 Å². The fourth-order valence-electron chi connectivity index (χ4n) is 2.33. The van der Waals surface area contributed by atoms with Gasteiger partial charge in [0.05, 0.1) is 29.6 Å². The van der Waals surface area contributed by atoms with E-state index in [2.05, 4.69) is 15.1 Å². The van der Waals surface area contributed by atoms with Gasteiger partial charge in [-0.1, -0.05) is 18.2 Å². The smallest absolute Gasteiger partial charge is 0.166 e. The molecule has 0 bridgehead atoms. The molecule has 0 aliphatic heterocycles. The predicted molar refractivity (Wildman–Crippen MR) is 80.2 cm³/mol. The van der Waals surface area contributed by atoms with Gasteiger partial charge in [0.25, 0.3) is 0 Å². The van der Waals surface area contributed by atoms with Gasteiger partial charge in [-0.25, -0.2) is 14.6 Å². The number of benzene rings is 1. The first-order chi connectivity index (χ1) is 10.3. The summed E-state index contributed by atoms with van der Waals surface area (Å²) < 4.78 is 6.88. The molecule has 0 fully saturated rings. The zero-order valence-electron chi connectivity index (χ0n) is 11.8. The lowest BCUT2D eigenvalue weighted by Gasteiger charge is -2.10. The van der Waals surface area contributed by atoms with E-state index in [1.165, 1.54) is 0 Å². The average molecular weight is 283 g/mol. The highest BCUT2D eigenvalue weighted by atomic mass is 16.5. The molecule has 3 rings (SSSR count). The molecule has 1 atom stereocenters. The van der Waals surface area contributed by atoms with Crippen molar-refractivity contribution in [2.75, 3.05) is 13.7 Å². The Balaban J connectivity index is 2.00. The van der Waals surface area contributed by atoms with Gasteiger partial charge in [0, 0.05) is 19.6 Å². The molecule has 0 aliphatic rings. The van der Waals surface area contributed by atoms with Crippen LogP contribution in [-0.4, -0.2) is 39.5 Å². The number of nitrogens with two attached hydrogens (primary N) is 1. The highest BCUT2D eigenvalue weighted by Crippen LogP contribution is 2.18. The highest BCUT2D eigenvalue weighted by molar-refractivity contribution is 5.78. The molecule has 0 amide bonds. The second-order valence-corrected chi connectivity index (χ2v) is 4.87. The van der Waals surface area contributed by atoms with Gasteiger partial charge in [0.2, 0.25) is 0 Å². The topological polar surface area (TPSA) is 78.8 Å². The van der Waals surface area contributed by atoms with Crippen molar-refractivity contribution in [2.45, 2.75) is 12.5 Å². The molecule has 2 N–H and O–H groups in total. The molecule has 0 radical (unpaired) electrons. The van der Waals surface area contributed by atoms with E-state index >= 15 is 0 Å². The van der Waals surface area contributed by atoms with Crippen LogP contribution in [0.5, 0.6) is 0 Å². The normalized spacial score (nSPS) is 12.7. The summed E-state index contributed by atoms with van der Waals surface area (Å²) in [6.07, 6.45) is 3.98. The molecule has 1 aromatic carbocycles. The second-order valence-electron chi connectivity index (χ2n) is 4.87. The summed E-state index contributed by atoms with van der Waals surface area (Å²) in [7, 11) is 1.64. The van der Waals surface area contributed by atoms with Crippen molar-refractivity contribution in [3.8, 4) is 5.69 Å². The third-order valence-electron chi connectivity index (χ3n) is 3.29. The SMILES string of the molecule is COCC(N)Cc1ncnc2c1cnn2-c1ccccc1. The minimum atomic E-state index is -0.0897. The molecule has 0 saturated heterocycles. The van der Waals surface area contributed by atoms with Gasteiger partial charge in [-0.05, 0) is 12.1 Å². The Morgan fingerprint density at radius 3 is 2.81 bits per heavy atom. The molecule has 3 aromatic rings. The highest BCUT2D eigenvalue weighted by Gasteiger charge is 2.13. The summed E-state index contributed by atoms with van der Waals surface area (Å²) in [6.45, 7) is 0.498. The van der Waals surface area contributed by atoms with Crippen molar-refractivity contribution < 1.29 is 4.74 Å². The number of nitrogens with zero attached hydrogens (tertiary/aromatic N) is 4. The number of ether oxygens (including phenoxy) is 1. The van der Waals surface area contributed by atoms with E-state index in [1.54, 1.807) is 19.6 Å². The monoisotopic (exact) mass is 283 g/mol. The molecule has 1 unspecified atom stereocenters. The van der Waals surface area contributed by atoms with Crippen molar-refractivity contribution >= 4 is 11.0 Å². The molecule has 2 heterocycles. The van der Waals surface area contributed by atoms with Crippen LogP contribution < -0.4 is 5.73 Å². The summed E-state index contributed by atoms with van der Waals surface area (Å²) in [5.41, 5.74) is 8.67. The Morgan fingerprint density at radius 2 is 2.05 bits per heavy atom.